The van der Waals surface area contributed by atoms with Crippen molar-refractivity contribution in [3.8, 4) is 0 Å². The summed E-state index contributed by atoms with van der Waals surface area (Å²) in [5.74, 6) is -1.05. The third-order valence-corrected chi connectivity index (χ3v) is 4.87. The number of hydrogen-bond acceptors (Lipinski definition) is 3. The third-order valence-electron chi connectivity index (χ3n) is 4.87. The largest absolute Gasteiger partial charge is 0.416 e. The number of nitrogens with zero attached hydrogens (tertiary/aromatic N) is 2. The molecule has 1 aromatic rings. The number of carbonyl (C=O) groups excluding carboxylic acids is 3. The summed E-state index contributed by atoms with van der Waals surface area (Å²) in [6, 6.07) is 3.70. The summed E-state index contributed by atoms with van der Waals surface area (Å²) in [5, 5.41) is 0. The van der Waals surface area contributed by atoms with Crippen LogP contribution in [0.4, 0.5) is 13.2 Å². The second kappa shape index (κ2) is 4.81. The molecule has 3 fully saturated rings. The van der Waals surface area contributed by atoms with Gasteiger partial charge < -0.3 is 4.90 Å². The zero-order valence-electron chi connectivity index (χ0n) is 12.4. The Labute approximate surface area is 135 Å². The molecule has 0 bridgehead atoms. The number of fused-ring (bicyclic) bond motifs is 1. The Balaban J connectivity index is 1.39. The van der Waals surface area contributed by atoms with E-state index in [9.17, 15) is 27.6 Å². The van der Waals surface area contributed by atoms with E-state index < -0.39 is 17.6 Å². The van der Waals surface area contributed by atoms with Crippen LogP contribution in [0.15, 0.2) is 24.3 Å². The van der Waals surface area contributed by atoms with Crippen LogP contribution in [-0.4, -0.2) is 46.7 Å². The average Bonchev–Trinajstić information content (AvgIpc) is 3.24. The van der Waals surface area contributed by atoms with Gasteiger partial charge in [0.25, 0.3) is 5.91 Å². The number of piperidine rings is 1. The molecule has 3 amide bonds. The van der Waals surface area contributed by atoms with E-state index in [0.717, 1.165) is 24.3 Å². The number of hydrogen-bond donors (Lipinski definition) is 0. The molecule has 1 aliphatic carbocycles. The van der Waals surface area contributed by atoms with E-state index in [1.807, 2.05) is 0 Å². The number of carbonyl (C=O) groups is 3. The van der Waals surface area contributed by atoms with E-state index in [4.69, 9.17) is 0 Å². The summed E-state index contributed by atoms with van der Waals surface area (Å²) in [7, 11) is 0. The number of alkyl halides is 3. The summed E-state index contributed by atoms with van der Waals surface area (Å²) in [6.07, 6.45) is -3.81. The molecule has 0 spiro atoms. The number of rotatable bonds is 2. The molecular formula is C16H13F3N2O3. The minimum Gasteiger partial charge on any atom is -0.334 e. The van der Waals surface area contributed by atoms with E-state index >= 15 is 0 Å². The van der Waals surface area contributed by atoms with Gasteiger partial charge in [-0.05, 0) is 30.7 Å². The second-order valence-corrected chi connectivity index (χ2v) is 6.43. The fraction of sp³-hybridized carbons (Fsp3) is 0.438. The molecule has 0 radical (unpaired) electrons. The minimum absolute atomic E-state index is 0.156. The number of likely N-dealkylation sites (tertiary alicyclic amines) is 2. The maximum absolute atomic E-state index is 12.5. The Morgan fingerprint density at radius 3 is 2.04 bits per heavy atom. The normalized spacial score (nSPS) is 26.5. The van der Waals surface area contributed by atoms with E-state index in [-0.39, 0.29) is 48.3 Å². The van der Waals surface area contributed by atoms with Gasteiger partial charge in [0.05, 0.1) is 23.4 Å². The number of halogens is 3. The highest BCUT2D eigenvalue weighted by molar-refractivity contribution is 6.09. The van der Waals surface area contributed by atoms with Gasteiger partial charge in [-0.25, -0.2) is 0 Å². The SMILES string of the molecule is O=C(c1ccc(C(F)(F)F)cc1)N1CC(N2C(=O)C3CC3C2=O)C1. The Morgan fingerprint density at radius 1 is 1.00 bits per heavy atom. The molecule has 1 aromatic carbocycles. The predicted molar refractivity (Wildman–Crippen MR) is 74.6 cm³/mol. The molecule has 4 rings (SSSR count). The van der Waals surface area contributed by atoms with Gasteiger partial charge in [-0.1, -0.05) is 0 Å². The van der Waals surface area contributed by atoms with Gasteiger partial charge >= 0.3 is 6.18 Å². The zero-order chi connectivity index (χ0) is 17.2. The van der Waals surface area contributed by atoms with Gasteiger partial charge in [0.2, 0.25) is 11.8 Å². The van der Waals surface area contributed by atoms with Gasteiger partial charge in [0.1, 0.15) is 0 Å². The number of amides is 3. The van der Waals surface area contributed by atoms with Gasteiger partial charge in [0.15, 0.2) is 0 Å². The summed E-state index contributed by atoms with van der Waals surface area (Å²) in [5.41, 5.74) is -0.656. The molecule has 2 unspecified atom stereocenters. The van der Waals surface area contributed by atoms with Gasteiger partial charge in [-0.2, -0.15) is 13.2 Å². The molecular weight excluding hydrogens is 325 g/mol. The van der Waals surface area contributed by atoms with Crippen LogP contribution >= 0.6 is 0 Å². The molecule has 0 aromatic heterocycles. The standard InChI is InChI=1S/C16H13F3N2O3/c17-16(18,19)9-3-1-8(2-4-9)13(22)20-6-10(7-20)21-14(23)11-5-12(11)15(21)24/h1-4,10-12H,5-7H2. The summed E-state index contributed by atoms with van der Waals surface area (Å²) >= 11 is 0. The third kappa shape index (κ3) is 2.20. The van der Waals surface area contributed by atoms with E-state index in [1.165, 1.54) is 9.80 Å². The highest BCUT2D eigenvalue weighted by atomic mass is 19.4. The van der Waals surface area contributed by atoms with Crippen LogP contribution in [0.5, 0.6) is 0 Å². The van der Waals surface area contributed by atoms with Crippen molar-refractivity contribution in [2.75, 3.05) is 13.1 Å². The van der Waals surface area contributed by atoms with Crippen molar-refractivity contribution in [3.05, 3.63) is 35.4 Å². The molecule has 5 nitrogen and oxygen atoms in total. The maximum atomic E-state index is 12.5. The smallest absolute Gasteiger partial charge is 0.334 e. The molecule has 2 atom stereocenters. The van der Waals surface area contributed by atoms with Crippen molar-refractivity contribution in [2.45, 2.75) is 18.6 Å². The lowest BCUT2D eigenvalue weighted by atomic mass is 10.0. The molecule has 3 aliphatic rings. The summed E-state index contributed by atoms with van der Waals surface area (Å²) in [6.45, 7) is 0.466. The molecule has 2 saturated heterocycles. The predicted octanol–water partition coefficient (Wildman–Crippen LogP) is 1.53. The molecule has 1 saturated carbocycles. The van der Waals surface area contributed by atoms with E-state index in [1.54, 1.807) is 0 Å². The van der Waals surface area contributed by atoms with Crippen molar-refractivity contribution in [1.29, 1.82) is 0 Å². The zero-order valence-corrected chi connectivity index (χ0v) is 12.4. The lowest BCUT2D eigenvalue weighted by molar-refractivity contribution is -0.147. The topological polar surface area (TPSA) is 57.7 Å². The Bertz CT molecular complexity index is 718. The Hall–Kier alpha value is -2.38. The van der Waals surface area contributed by atoms with Crippen LogP contribution < -0.4 is 0 Å². The quantitative estimate of drug-likeness (QED) is 0.769. The monoisotopic (exact) mass is 338 g/mol. The lowest BCUT2D eigenvalue weighted by Gasteiger charge is -2.43. The van der Waals surface area contributed by atoms with Crippen LogP contribution in [0.25, 0.3) is 0 Å². The molecule has 8 heteroatoms. The van der Waals surface area contributed by atoms with Crippen molar-refractivity contribution in [3.63, 3.8) is 0 Å². The van der Waals surface area contributed by atoms with Crippen LogP contribution in [0.1, 0.15) is 22.3 Å². The van der Waals surface area contributed by atoms with Crippen LogP contribution in [0.3, 0.4) is 0 Å². The first kappa shape index (κ1) is 15.2. The molecule has 2 heterocycles. The summed E-state index contributed by atoms with van der Waals surface area (Å²) in [4.78, 5) is 38.9. The van der Waals surface area contributed by atoms with Gasteiger partial charge in [-0.3, -0.25) is 19.3 Å². The molecule has 126 valence electrons. The lowest BCUT2D eigenvalue weighted by Crippen LogP contribution is -2.62. The van der Waals surface area contributed by atoms with E-state index in [0.29, 0.717) is 6.42 Å². The van der Waals surface area contributed by atoms with Crippen LogP contribution in [-0.2, 0) is 15.8 Å². The first-order valence-electron chi connectivity index (χ1n) is 7.61. The maximum Gasteiger partial charge on any atom is 0.416 e. The minimum atomic E-state index is -4.44. The van der Waals surface area contributed by atoms with Crippen LogP contribution in [0.2, 0.25) is 0 Å². The van der Waals surface area contributed by atoms with Crippen molar-refractivity contribution < 1.29 is 27.6 Å². The highest BCUT2D eigenvalue weighted by Gasteiger charge is 2.61. The van der Waals surface area contributed by atoms with Gasteiger partial charge in [0, 0.05) is 18.7 Å². The first-order chi connectivity index (χ1) is 11.3. The Morgan fingerprint density at radius 2 is 1.54 bits per heavy atom. The molecule has 24 heavy (non-hydrogen) atoms. The van der Waals surface area contributed by atoms with Crippen molar-refractivity contribution in [1.82, 2.24) is 9.80 Å². The van der Waals surface area contributed by atoms with E-state index in [2.05, 4.69) is 0 Å². The fourth-order valence-electron chi connectivity index (χ4n) is 3.34. The van der Waals surface area contributed by atoms with Crippen LogP contribution in [0, 0.1) is 11.8 Å². The first-order valence-corrected chi connectivity index (χ1v) is 7.61. The average molecular weight is 338 g/mol. The molecule has 2 aliphatic heterocycles. The second-order valence-electron chi connectivity index (χ2n) is 6.43. The number of imide groups is 1. The van der Waals surface area contributed by atoms with Crippen molar-refractivity contribution >= 4 is 17.7 Å². The molecule has 0 N–H and O–H groups in total. The summed E-state index contributed by atoms with van der Waals surface area (Å²) < 4.78 is 37.6. The van der Waals surface area contributed by atoms with Crippen molar-refractivity contribution in [2.24, 2.45) is 11.8 Å². The fourth-order valence-corrected chi connectivity index (χ4v) is 3.34. The Kier molecular flexibility index (Phi) is 3.04. The number of benzene rings is 1. The van der Waals surface area contributed by atoms with Gasteiger partial charge in [-0.15, -0.1) is 0 Å². The highest BCUT2D eigenvalue weighted by Crippen LogP contribution is 2.48.